The number of rotatable bonds is 4. The molecule has 2 rings (SSSR count). The summed E-state index contributed by atoms with van der Waals surface area (Å²) in [4.78, 5) is 18.6. The Hall–Kier alpha value is -1.42. The van der Waals surface area contributed by atoms with Crippen LogP contribution in [0.4, 0.5) is 5.69 Å². The summed E-state index contributed by atoms with van der Waals surface area (Å²) < 4.78 is 0. The van der Waals surface area contributed by atoms with Gasteiger partial charge in [-0.15, -0.1) is 0 Å². The van der Waals surface area contributed by atoms with Crippen LogP contribution >= 0.6 is 0 Å². The second-order valence-corrected chi connectivity index (χ2v) is 4.72. The summed E-state index contributed by atoms with van der Waals surface area (Å²) in [5, 5.41) is 3.40. The van der Waals surface area contributed by atoms with E-state index in [-0.39, 0.29) is 11.4 Å². The molecule has 0 spiro atoms. The van der Waals surface area contributed by atoms with Crippen molar-refractivity contribution in [2.45, 2.75) is 38.6 Å². The van der Waals surface area contributed by atoms with E-state index >= 15 is 0 Å². The molecule has 1 aromatic rings. The van der Waals surface area contributed by atoms with Crippen molar-refractivity contribution in [3.05, 3.63) is 24.5 Å². The van der Waals surface area contributed by atoms with Gasteiger partial charge in [-0.1, -0.05) is 6.92 Å². The average Bonchev–Trinajstić information content (AvgIpc) is 2.91. The molecule has 0 aliphatic carbocycles. The third-order valence-electron chi connectivity index (χ3n) is 3.79. The van der Waals surface area contributed by atoms with E-state index in [4.69, 9.17) is 0 Å². The molecule has 98 valence electrons. The van der Waals surface area contributed by atoms with Crippen LogP contribution in [0.25, 0.3) is 0 Å². The molecule has 4 heteroatoms. The van der Waals surface area contributed by atoms with Crippen LogP contribution < -0.4 is 10.2 Å². The smallest absolute Gasteiger partial charge is 0.247 e. The average molecular weight is 247 g/mol. The van der Waals surface area contributed by atoms with Gasteiger partial charge in [0.25, 0.3) is 0 Å². The van der Waals surface area contributed by atoms with E-state index in [0.29, 0.717) is 6.54 Å². The number of pyridine rings is 1. The van der Waals surface area contributed by atoms with Crippen molar-refractivity contribution < 1.29 is 4.79 Å². The van der Waals surface area contributed by atoms with E-state index in [9.17, 15) is 4.79 Å². The van der Waals surface area contributed by atoms with Crippen LogP contribution in [0.3, 0.4) is 0 Å². The zero-order valence-electron chi connectivity index (χ0n) is 11.1. The highest BCUT2D eigenvalue weighted by molar-refractivity contribution is 6.00. The van der Waals surface area contributed by atoms with Gasteiger partial charge in [0.2, 0.25) is 5.91 Å². The van der Waals surface area contributed by atoms with Gasteiger partial charge in [0.15, 0.2) is 0 Å². The lowest BCUT2D eigenvalue weighted by Gasteiger charge is -2.33. The van der Waals surface area contributed by atoms with Crippen molar-refractivity contribution in [3.8, 4) is 0 Å². The van der Waals surface area contributed by atoms with Crippen LogP contribution in [0.1, 0.15) is 33.1 Å². The molecule has 18 heavy (non-hydrogen) atoms. The number of carbonyl (C=O) groups is 1. The predicted molar refractivity (Wildman–Crippen MR) is 72.5 cm³/mol. The maximum Gasteiger partial charge on any atom is 0.247 e. The van der Waals surface area contributed by atoms with Gasteiger partial charge in [-0.05, 0) is 44.9 Å². The molecule has 1 aliphatic heterocycles. The van der Waals surface area contributed by atoms with E-state index < -0.39 is 0 Å². The van der Waals surface area contributed by atoms with Gasteiger partial charge < -0.3 is 10.2 Å². The second-order valence-electron chi connectivity index (χ2n) is 4.72. The number of nitrogens with one attached hydrogen (secondary N) is 1. The quantitative estimate of drug-likeness (QED) is 0.884. The second kappa shape index (κ2) is 5.48. The third kappa shape index (κ3) is 2.25. The molecular formula is C14H21N3O. The summed E-state index contributed by atoms with van der Waals surface area (Å²) in [7, 11) is 0. The van der Waals surface area contributed by atoms with Crippen LogP contribution in [-0.2, 0) is 4.79 Å². The molecule has 2 heterocycles. The van der Waals surface area contributed by atoms with E-state index in [1.807, 2.05) is 24.0 Å². The molecule has 4 nitrogen and oxygen atoms in total. The number of likely N-dealkylation sites (N-methyl/N-ethyl adjacent to an activating group) is 1. The Labute approximate surface area is 108 Å². The van der Waals surface area contributed by atoms with Gasteiger partial charge in [0.05, 0.1) is 5.54 Å². The summed E-state index contributed by atoms with van der Waals surface area (Å²) in [5.74, 6) is 0.191. The number of amides is 1. The van der Waals surface area contributed by atoms with Gasteiger partial charge >= 0.3 is 0 Å². The molecule has 0 aromatic carbocycles. The molecule has 1 aromatic heterocycles. The zero-order chi connectivity index (χ0) is 13.0. The number of hydrogen-bond acceptors (Lipinski definition) is 3. The molecule has 1 atom stereocenters. The Kier molecular flexibility index (Phi) is 3.97. The minimum Gasteiger partial charge on any atom is -0.311 e. The van der Waals surface area contributed by atoms with Crippen molar-refractivity contribution in [2.75, 3.05) is 18.0 Å². The third-order valence-corrected chi connectivity index (χ3v) is 3.79. The summed E-state index contributed by atoms with van der Waals surface area (Å²) in [5.41, 5.74) is 0.568. The highest BCUT2D eigenvalue weighted by Gasteiger charge is 2.41. The molecule has 0 saturated carbocycles. The number of nitrogens with zero attached hydrogens (tertiary/aromatic N) is 2. The Morgan fingerprint density at radius 3 is 2.67 bits per heavy atom. The Morgan fingerprint density at radius 1 is 1.44 bits per heavy atom. The highest BCUT2D eigenvalue weighted by Crippen LogP contribution is 2.27. The molecule has 0 radical (unpaired) electrons. The fraction of sp³-hybridized carbons (Fsp3) is 0.571. The molecule has 1 amide bonds. The molecule has 1 fully saturated rings. The van der Waals surface area contributed by atoms with Crippen LogP contribution in [0.5, 0.6) is 0 Å². The molecule has 1 aliphatic rings. The minimum absolute atomic E-state index is 0.191. The first-order valence-corrected chi connectivity index (χ1v) is 6.70. The molecular weight excluding hydrogens is 226 g/mol. The van der Waals surface area contributed by atoms with Gasteiger partial charge in [-0.3, -0.25) is 9.78 Å². The normalized spacial score (nSPS) is 23.0. The number of carbonyl (C=O) groups excluding carboxylic acids is 1. The van der Waals surface area contributed by atoms with Crippen LogP contribution in [0.15, 0.2) is 24.5 Å². The Bertz CT molecular complexity index is 399. The highest BCUT2D eigenvalue weighted by atomic mass is 16.2. The maximum absolute atomic E-state index is 12.8. The van der Waals surface area contributed by atoms with Crippen molar-refractivity contribution in [1.82, 2.24) is 10.3 Å². The SMILES string of the molecule is CCN(C(=O)C1(CC)CCCN1)c1ccncc1. The predicted octanol–water partition coefficient (Wildman–Crippen LogP) is 1.97. The first-order valence-electron chi connectivity index (χ1n) is 6.70. The molecule has 1 unspecified atom stereocenters. The number of aromatic nitrogens is 1. The lowest BCUT2D eigenvalue weighted by Crippen LogP contribution is -2.54. The van der Waals surface area contributed by atoms with Gasteiger partial charge in [0.1, 0.15) is 0 Å². The van der Waals surface area contributed by atoms with Gasteiger partial charge in [-0.25, -0.2) is 0 Å². The summed E-state index contributed by atoms with van der Waals surface area (Å²) >= 11 is 0. The van der Waals surface area contributed by atoms with E-state index in [0.717, 1.165) is 31.5 Å². The largest absolute Gasteiger partial charge is 0.311 e. The first kappa shape index (κ1) is 13.0. The lowest BCUT2D eigenvalue weighted by atomic mass is 9.92. The topological polar surface area (TPSA) is 45.2 Å². The fourth-order valence-electron chi connectivity index (χ4n) is 2.67. The Morgan fingerprint density at radius 2 is 2.17 bits per heavy atom. The summed E-state index contributed by atoms with van der Waals surface area (Å²) in [6, 6.07) is 3.78. The Balaban J connectivity index is 2.25. The zero-order valence-corrected chi connectivity index (χ0v) is 11.1. The van der Waals surface area contributed by atoms with Crippen LogP contribution in [0, 0.1) is 0 Å². The van der Waals surface area contributed by atoms with E-state index in [2.05, 4.69) is 17.2 Å². The lowest BCUT2D eigenvalue weighted by molar-refractivity contribution is -0.124. The molecule has 1 saturated heterocycles. The summed E-state index contributed by atoms with van der Waals surface area (Å²) in [6.07, 6.45) is 6.31. The first-order chi connectivity index (χ1) is 8.73. The molecule has 1 N–H and O–H groups in total. The number of anilines is 1. The standard InChI is InChI=1S/C14H21N3O/c1-3-14(8-5-9-16-14)13(18)17(4-2)12-6-10-15-11-7-12/h6-7,10-11,16H,3-5,8-9H2,1-2H3. The summed E-state index contributed by atoms with van der Waals surface area (Å²) in [6.45, 7) is 5.72. The fourth-order valence-corrected chi connectivity index (χ4v) is 2.67. The van der Waals surface area contributed by atoms with Crippen molar-refractivity contribution in [1.29, 1.82) is 0 Å². The monoisotopic (exact) mass is 247 g/mol. The molecule has 0 bridgehead atoms. The maximum atomic E-state index is 12.8. The van der Waals surface area contributed by atoms with E-state index in [1.165, 1.54) is 0 Å². The minimum atomic E-state index is -0.362. The van der Waals surface area contributed by atoms with Crippen molar-refractivity contribution in [2.24, 2.45) is 0 Å². The van der Waals surface area contributed by atoms with Gasteiger partial charge in [0, 0.05) is 24.6 Å². The van der Waals surface area contributed by atoms with Crippen LogP contribution in [0.2, 0.25) is 0 Å². The van der Waals surface area contributed by atoms with Crippen molar-refractivity contribution >= 4 is 11.6 Å². The van der Waals surface area contributed by atoms with Crippen molar-refractivity contribution in [3.63, 3.8) is 0 Å². The van der Waals surface area contributed by atoms with Crippen LogP contribution in [-0.4, -0.2) is 29.5 Å². The van der Waals surface area contributed by atoms with Gasteiger partial charge in [-0.2, -0.15) is 0 Å². The van der Waals surface area contributed by atoms with E-state index in [1.54, 1.807) is 12.4 Å². The number of hydrogen-bond donors (Lipinski definition) is 1.